The van der Waals surface area contributed by atoms with Crippen LogP contribution in [0.3, 0.4) is 0 Å². The van der Waals surface area contributed by atoms with Gasteiger partial charge >= 0.3 is 17.9 Å². The number of carbonyl (C=O) groups is 3. The Morgan fingerprint density at radius 1 is 0.333 bits per heavy atom. The van der Waals surface area contributed by atoms with Gasteiger partial charge in [-0.15, -0.1) is 0 Å². The molecule has 0 bridgehead atoms. The van der Waals surface area contributed by atoms with Gasteiger partial charge in [0.05, 0.1) is 0 Å². The van der Waals surface area contributed by atoms with Gasteiger partial charge in [0.1, 0.15) is 13.2 Å². The van der Waals surface area contributed by atoms with Crippen molar-refractivity contribution in [3.63, 3.8) is 0 Å². The second-order valence-electron chi connectivity index (χ2n) is 18.1. The maximum absolute atomic E-state index is 12.8. The Balaban J connectivity index is 4.30. The zero-order chi connectivity index (χ0) is 45.8. The summed E-state index contributed by atoms with van der Waals surface area (Å²) in [6.07, 6.45) is 62.5. The van der Waals surface area contributed by atoms with Crippen LogP contribution < -0.4 is 0 Å². The molecule has 0 N–H and O–H groups in total. The minimum Gasteiger partial charge on any atom is -0.462 e. The molecule has 0 aliphatic heterocycles. The van der Waals surface area contributed by atoms with Crippen molar-refractivity contribution in [2.45, 2.75) is 284 Å². The molecule has 366 valence electrons. The Morgan fingerprint density at radius 2 is 0.635 bits per heavy atom. The van der Waals surface area contributed by atoms with E-state index in [1.165, 1.54) is 128 Å². The third-order valence-corrected chi connectivity index (χ3v) is 11.8. The van der Waals surface area contributed by atoms with Crippen molar-refractivity contribution >= 4 is 17.9 Å². The number of hydrogen-bond acceptors (Lipinski definition) is 6. The number of carbonyl (C=O) groups excluding carboxylic acids is 3. The van der Waals surface area contributed by atoms with Gasteiger partial charge in [-0.25, -0.2) is 0 Å². The summed E-state index contributed by atoms with van der Waals surface area (Å²) >= 11 is 0. The van der Waals surface area contributed by atoms with Crippen LogP contribution in [0.5, 0.6) is 0 Å². The molecule has 0 aromatic rings. The van der Waals surface area contributed by atoms with Crippen LogP contribution in [0.25, 0.3) is 0 Å². The summed E-state index contributed by atoms with van der Waals surface area (Å²) < 4.78 is 16.8. The van der Waals surface area contributed by atoms with E-state index in [1.54, 1.807) is 0 Å². The molecule has 0 heterocycles. The molecule has 0 fully saturated rings. The molecule has 6 heteroatoms. The normalized spacial score (nSPS) is 12.4. The first-order chi connectivity index (χ1) is 31.0. The SMILES string of the molecule is CC/C=C\C/C=C\C/C=C\CCCCCCCCC(=O)OC(COC(=O)CCCCCC/C=C\CCCC)COC(=O)CCCCCCCCCCCCCCCCCCCCC. The Hall–Kier alpha value is -2.63. The lowest BCUT2D eigenvalue weighted by atomic mass is 10.0. The van der Waals surface area contributed by atoms with E-state index in [9.17, 15) is 14.4 Å². The summed E-state index contributed by atoms with van der Waals surface area (Å²) in [4.78, 5) is 38.0. The summed E-state index contributed by atoms with van der Waals surface area (Å²) in [6.45, 7) is 6.49. The van der Waals surface area contributed by atoms with E-state index in [4.69, 9.17) is 14.2 Å². The topological polar surface area (TPSA) is 78.9 Å². The standard InChI is InChI=1S/C57H102O6/c1-4-7-10-13-16-19-22-24-26-28-29-30-32-33-35-38-41-44-47-50-56(59)62-53-54(52-61-55(58)49-46-43-40-37-21-18-15-12-9-6-3)63-57(60)51-48-45-42-39-36-34-31-27-25-23-20-17-14-11-8-5-2/h8,11,15,17-18,20,25,27,54H,4-7,9-10,12-14,16,19,21-24,26,28-53H2,1-3H3/b11-8-,18-15-,20-17-,27-25-. The zero-order valence-electron chi connectivity index (χ0n) is 41.8. The first kappa shape index (κ1) is 60.4. The molecule has 0 aromatic carbocycles. The molecule has 0 radical (unpaired) electrons. The molecule has 0 saturated carbocycles. The molecule has 0 amide bonds. The second kappa shape index (κ2) is 52.0. The molecule has 0 spiro atoms. The van der Waals surface area contributed by atoms with Crippen LogP contribution in [-0.2, 0) is 28.6 Å². The van der Waals surface area contributed by atoms with Crippen LogP contribution in [0.15, 0.2) is 48.6 Å². The van der Waals surface area contributed by atoms with E-state index in [-0.39, 0.29) is 31.1 Å². The van der Waals surface area contributed by atoms with Gasteiger partial charge in [0.15, 0.2) is 6.10 Å². The van der Waals surface area contributed by atoms with Crippen LogP contribution in [0, 0.1) is 0 Å². The Morgan fingerprint density at radius 3 is 1.03 bits per heavy atom. The molecule has 1 unspecified atom stereocenters. The average Bonchev–Trinajstić information content (AvgIpc) is 3.28. The van der Waals surface area contributed by atoms with E-state index in [2.05, 4.69) is 69.4 Å². The highest BCUT2D eigenvalue weighted by Crippen LogP contribution is 2.16. The third-order valence-electron chi connectivity index (χ3n) is 11.8. The average molecular weight is 883 g/mol. The Labute approximate surface area is 390 Å². The molecule has 1 atom stereocenters. The predicted octanol–water partition coefficient (Wildman–Crippen LogP) is 17.9. The largest absolute Gasteiger partial charge is 0.462 e. The van der Waals surface area contributed by atoms with E-state index >= 15 is 0 Å². The van der Waals surface area contributed by atoms with Crippen molar-refractivity contribution in [2.75, 3.05) is 13.2 Å². The van der Waals surface area contributed by atoms with Gasteiger partial charge in [-0.05, 0) is 70.6 Å². The minimum atomic E-state index is -0.781. The van der Waals surface area contributed by atoms with Gasteiger partial charge in [-0.2, -0.15) is 0 Å². The summed E-state index contributed by atoms with van der Waals surface area (Å²) in [5, 5.41) is 0. The van der Waals surface area contributed by atoms with E-state index in [1.807, 2.05) is 0 Å². The van der Waals surface area contributed by atoms with Crippen molar-refractivity contribution in [3.8, 4) is 0 Å². The molecule has 0 saturated heterocycles. The number of unbranched alkanes of at least 4 members (excludes halogenated alkanes) is 30. The van der Waals surface area contributed by atoms with Crippen LogP contribution in [0.1, 0.15) is 278 Å². The van der Waals surface area contributed by atoms with E-state index in [0.717, 1.165) is 109 Å². The fourth-order valence-corrected chi connectivity index (χ4v) is 7.73. The molecule has 0 aromatic heterocycles. The fourth-order valence-electron chi connectivity index (χ4n) is 7.73. The third kappa shape index (κ3) is 50.2. The van der Waals surface area contributed by atoms with Gasteiger partial charge < -0.3 is 14.2 Å². The maximum Gasteiger partial charge on any atom is 0.306 e. The number of allylic oxidation sites excluding steroid dienone is 8. The van der Waals surface area contributed by atoms with Crippen molar-refractivity contribution in [2.24, 2.45) is 0 Å². The predicted molar refractivity (Wildman–Crippen MR) is 270 cm³/mol. The van der Waals surface area contributed by atoms with Crippen molar-refractivity contribution in [1.82, 2.24) is 0 Å². The summed E-state index contributed by atoms with van der Waals surface area (Å²) in [5.41, 5.74) is 0. The summed E-state index contributed by atoms with van der Waals surface area (Å²) in [6, 6.07) is 0. The van der Waals surface area contributed by atoms with Crippen LogP contribution in [0.4, 0.5) is 0 Å². The highest BCUT2D eigenvalue weighted by atomic mass is 16.6. The first-order valence-corrected chi connectivity index (χ1v) is 27.1. The summed E-state index contributed by atoms with van der Waals surface area (Å²) in [7, 11) is 0. The molecule has 0 aliphatic carbocycles. The Bertz CT molecular complexity index is 1110. The van der Waals surface area contributed by atoms with Crippen molar-refractivity contribution < 1.29 is 28.6 Å². The highest BCUT2D eigenvalue weighted by molar-refractivity contribution is 5.71. The first-order valence-electron chi connectivity index (χ1n) is 27.1. The van der Waals surface area contributed by atoms with Gasteiger partial charge in [0.2, 0.25) is 0 Å². The van der Waals surface area contributed by atoms with Gasteiger partial charge in [0, 0.05) is 19.3 Å². The highest BCUT2D eigenvalue weighted by Gasteiger charge is 2.19. The lowest BCUT2D eigenvalue weighted by Crippen LogP contribution is -2.30. The van der Waals surface area contributed by atoms with Gasteiger partial charge in [-0.3, -0.25) is 14.4 Å². The maximum atomic E-state index is 12.8. The second-order valence-corrected chi connectivity index (χ2v) is 18.1. The minimum absolute atomic E-state index is 0.0796. The molecular formula is C57H102O6. The van der Waals surface area contributed by atoms with E-state index < -0.39 is 6.10 Å². The van der Waals surface area contributed by atoms with Crippen molar-refractivity contribution in [1.29, 1.82) is 0 Å². The quantitative estimate of drug-likeness (QED) is 0.0262. The molecule has 0 rings (SSSR count). The lowest BCUT2D eigenvalue weighted by Gasteiger charge is -2.18. The van der Waals surface area contributed by atoms with Gasteiger partial charge in [-0.1, -0.05) is 236 Å². The fraction of sp³-hybridized carbons (Fsp3) is 0.807. The molecule has 63 heavy (non-hydrogen) atoms. The van der Waals surface area contributed by atoms with Crippen LogP contribution in [0.2, 0.25) is 0 Å². The van der Waals surface area contributed by atoms with E-state index in [0.29, 0.717) is 19.3 Å². The van der Waals surface area contributed by atoms with Gasteiger partial charge in [0.25, 0.3) is 0 Å². The molecule has 6 nitrogen and oxygen atoms in total. The summed E-state index contributed by atoms with van der Waals surface area (Å²) in [5.74, 6) is -0.897. The zero-order valence-corrected chi connectivity index (χ0v) is 41.8. The monoisotopic (exact) mass is 883 g/mol. The number of ether oxygens (including phenoxy) is 3. The number of hydrogen-bond donors (Lipinski definition) is 0. The Kier molecular flexibility index (Phi) is 49.8. The number of esters is 3. The number of rotatable bonds is 49. The molecular weight excluding hydrogens is 781 g/mol. The van der Waals surface area contributed by atoms with Crippen LogP contribution >= 0.6 is 0 Å². The smallest absolute Gasteiger partial charge is 0.306 e. The van der Waals surface area contributed by atoms with Crippen molar-refractivity contribution in [3.05, 3.63) is 48.6 Å². The molecule has 0 aliphatic rings. The van der Waals surface area contributed by atoms with Crippen LogP contribution in [-0.4, -0.2) is 37.2 Å². The lowest BCUT2D eigenvalue weighted by molar-refractivity contribution is -0.167.